The van der Waals surface area contributed by atoms with Gasteiger partial charge in [-0.1, -0.05) is 12.1 Å². The van der Waals surface area contributed by atoms with Gasteiger partial charge in [-0.05, 0) is 37.1 Å². The van der Waals surface area contributed by atoms with E-state index in [0.29, 0.717) is 6.54 Å². The molecule has 2 rings (SSSR count). The first-order valence-electron chi connectivity index (χ1n) is 6.45. The Kier molecular flexibility index (Phi) is 4.16. The first kappa shape index (κ1) is 13.5. The number of rotatable bonds is 4. The molecule has 1 aliphatic rings. The van der Waals surface area contributed by atoms with Crippen LogP contribution in [0.1, 0.15) is 12.0 Å². The predicted octanol–water partition coefficient (Wildman–Crippen LogP) is 0.383. The second-order valence-electron chi connectivity index (χ2n) is 4.79. The molecule has 1 saturated heterocycles. The van der Waals surface area contributed by atoms with Crippen LogP contribution in [0.25, 0.3) is 0 Å². The van der Waals surface area contributed by atoms with Crippen LogP contribution in [0, 0.1) is 0 Å². The molecule has 0 atom stereocenters. The summed E-state index contributed by atoms with van der Waals surface area (Å²) < 4.78 is 0. The van der Waals surface area contributed by atoms with Crippen molar-refractivity contribution in [3.05, 3.63) is 29.8 Å². The van der Waals surface area contributed by atoms with Crippen LogP contribution in [0.5, 0.6) is 0 Å². The minimum atomic E-state index is -0.0434. The molecule has 1 aliphatic heterocycles. The van der Waals surface area contributed by atoms with Gasteiger partial charge < -0.3 is 15.5 Å². The number of hydrogen-bond donors (Lipinski definition) is 1. The number of carbonyl (C=O) groups excluding carboxylic acids is 2. The summed E-state index contributed by atoms with van der Waals surface area (Å²) in [6, 6.07) is 7.76. The molecular formula is C14H19N3O2. The smallest absolute Gasteiger partial charge is 0.247 e. The van der Waals surface area contributed by atoms with E-state index in [9.17, 15) is 9.59 Å². The third-order valence-corrected chi connectivity index (χ3v) is 3.28. The summed E-state index contributed by atoms with van der Waals surface area (Å²) in [5.74, 6) is -0.0787. The van der Waals surface area contributed by atoms with Gasteiger partial charge in [-0.25, -0.2) is 0 Å². The molecule has 102 valence electrons. The second kappa shape index (κ2) is 5.84. The van der Waals surface area contributed by atoms with Crippen molar-refractivity contribution >= 4 is 17.5 Å². The Bertz CT molecular complexity index is 487. The predicted molar refractivity (Wildman–Crippen MR) is 73.8 cm³/mol. The monoisotopic (exact) mass is 261 g/mol. The lowest BCUT2D eigenvalue weighted by atomic mass is 10.1. The molecule has 0 radical (unpaired) electrons. The van der Waals surface area contributed by atoms with Gasteiger partial charge in [0, 0.05) is 12.7 Å². The zero-order valence-electron chi connectivity index (χ0n) is 11.1. The fourth-order valence-electron chi connectivity index (χ4n) is 2.14. The van der Waals surface area contributed by atoms with Crippen LogP contribution in [0.3, 0.4) is 0 Å². The van der Waals surface area contributed by atoms with Crippen molar-refractivity contribution in [2.24, 2.45) is 5.73 Å². The van der Waals surface area contributed by atoms with Gasteiger partial charge in [-0.15, -0.1) is 0 Å². The van der Waals surface area contributed by atoms with Crippen LogP contribution < -0.4 is 10.6 Å². The molecular weight excluding hydrogens is 242 g/mol. The second-order valence-corrected chi connectivity index (χ2v) is 4.79. The molecule has 0 spiro atoms. The minimum absolute atomic E-state index is 0.0352. The van der Waals surface area contributed by atoms with Crippen LogP contribution in [0.2, 0.25) is 0 Å². The van der Waals surface area contributed by atoms with Gasteiger partial charge in [0.05, 0.1) is 6.54 Å². The average molecular weight is 261 g/mol. The van der Waals surface area contributed by atoms with Gasteiger partial charge in [-0.2, -0.15) is 0 Å². The van der Waals surface area contributed by atoms with E-state index in [4.69, 9.17) is 5.73 Å². The van der Waals surface area contributed by atoms with E-state index in [1.165, 1.54) is 4.90 Å². The van der Waals surface area contributed by atoms with Gasteiger partial charge in [-0.3, -0.25) is 9.59 Å². The molecule has 5 heteroatoms. The topological polar surface area (TPSA) is 66.6 Å². The van der Waals surface area contributed by atoms with Crippen molar-refractivity contribution in [1.82, 2.24) is 4.90 Å². The van der Waals surface area contributed by atoms with Crippen molar-refractivity contribution < 1.29 is 9.59 Å². The highest BCUT2D eigenvalue weighted by molar-refractivity contribution is 6.04. The summed E-state index contributed by atoms with van der Waals surface area (Å²) in [6.07, 6.45) is 1.80. The number of likely N-dealkylation sites (N-methyl/N-ethyl adjacent to an activating group) is 1. The van der Waals surface area contributed by atoms with Crippen molar-refractivity contribution in [2.75, 3.05) is 31.6 Å². The van der Waals surface area contributed by atoms with Gasteiger partial charge in [0.15, 0.2) is 0 Å². The Morgan fingerprint density at radius 2 is 2.00 bits per heavy atom. The Labute approximate surface area is 113 Å². The maximum absolute atomic E-state index is 12.0. The summed E-state index contributed by atoms with van der Waals surface area (Å²) >= 11 is 0. The summed E-state index contributed by atoms with van der Waals surface area (Å²) in [6.45, 7) is 0.914. The third kappa shape index (κ3) is 3.12. The maximum atomic E-state index is 12.0. The van der Waals surface area contributed by atoms with E-state index < -0.39 is 0 Å². The number of benzene rings is 1. The zero-order valence-corrected chi connectivity index (χ0v) is 11.1. The van der Waals surface area contributed by atoms with E-state index in [1.54, 1.807) is 11.9 Å². The van der Waals surface area contributed by atoms with Crippen molar-refractivity contribution in [3.8, 4) is 0 Å². The number of nitrogens with zero attached hydrogens (tertiary/aromatic N) is 2. The van der Waals surface area contributed by atoms with Gasteiger partial charge in [0.1, 0.15) is 6.54 Å². The van der Waals surface area contributed by atoms with Gasteiger partial charge in [0.25, 0.3) is 0 Å². The highest BCUT2D eigenvalue weighted by atomic mass is 16.2. The normalized spacial score (nSPS) is 16.1. The number of carbonyl (C=O) groups is 2. The van der Waals surface area contributed by atoms with E-state index in [2.05, 4.69) is 0 Å². The fourth-order valence-corrected chi connectivity index (χ4v) is 2.14. The van der Waals surface area contributed by atoms with Crippen LogP contribution in [0.15, 0.2) is 24.3 Å². The highest BCUT2D eigenvalue weighted by Crippen LogP contribution is 2.19. The summed E-state index contributed by atoms with van der Waals surface area (Å²) in [7, 11) is 1.65. The molecule has 2 N–H and O–H groups in total. The molecule has 1 aromatic rings. The highest BCUT2D eigenvalue weighted by Gasteiger charge is 2.28. The minimum Gasteiger partial charge on any atom is -0.335 e. The van der Waals surface area contributed by atoms with Gasteiger partial charge in [0.2, 0.25) is 11.8 Å². The largest absolute Gasteiger partial charge is 0.335 e. The van der Waals surface area contributed by atoms with Crippen molar-refractivity contribution in [3.63, 3.8) is 0 Å². The quantitative estimate of drug-likeness (QED) is 0.852. The number of hydrogen-bond acceptors (Lipinski definition) is 3. The number of amides is 2. The SMILES string of the molecule is CN1CC(=O)N(c2cccc(CCCN)c2)CC1=O. The van der Waals surface area contributed by atoms with Crippen molar-refractivity contribution in [1.29, 1.82) is 0 Å². The third-order valence-electron chi connectivity index (χ3n) is 3.28. The van der Waals surface area contributed by atoms with E-state index in [-0.39, 0.29) is 24.9 Å². The van der Waals surface area contributed by atoms with Crippen molar-refractivity contribution in [2.45, 2.75) is 12.8 Å². The number of anilines is 1. The lowest BCUT2D eigenvalue weighted by molar-refractivity contribution is -0.136. The maximum Gasteiger partial charge on any atom is 0.247 e. The molecule has 5 nitrogen and oxygen atoms in total. The lowest BCUT2D eigenvalue weighted by Crippen LogP contribution is -2.52. The van der Waals surface area contributed by atoms with Crippen LogP contribution in [-0.4, -0.2) is 43.4 Å². The van der Waals surface area contributed by atoms with E-state index in [1.807, 2.05) is 24.3 Å². The fraction of sp³-hybridized carbons (Fsp3) is 0.429. The summed E-state index contributed by atoms with van der Waals surface area (Å²) in [4.78, 5) is 26.7. The summed E-state index contributed by atoms with van der Waals surface area (Å²) in [5.41, 5.74) is 7.43. The summed E-state index contributed by atoms with van der Waals surface area (Å²) in [5, 5.41) is 0. The molecule has 1 aromatic carbocycles. The molecule has 2 amide bonds. The Balaban J connectivity index is 2.16. The molecule has 19 heavy (non-hydrogen) atoms. The first-order valence-corrected chi connectivity index (χ1v) is 6.45. The Morgan fingerprint density at radius 1 is 1.21 bits per heavy atom. The average Bonchev–Trinajstić information content (AvgIpc) is 2.41. The van der Waals surface area contributed by atoms with Crippen LogP contribution in [-0.2, 0) is 16.0 Å². The first-order chi connectivity index (χ1) is 9.11. The zero-order chi connectivity index (χ0) is 13.8. The van der Waals surface area contributed by atoms with E-state index in [0.717, 1.165) is 24.1 Å². The lowest BCUT2D eigenvalue weighted by Gasteiger charge is -2.31. The standard InChI is InChI=1S/C14H19N3O2/c1-16-9-14(19)17(10-13(16)18)12-6-2-4-11(8-12)5-3-7-15/h2,4,6,8H,3,5,7,9-10,15H2,1H3. The van der Waals surface area contributed by atoms with Crippen LogP contribution >= 0.6 is 0 Å². The number of nitrogens with two attached hydrogens (primary N) is 1. The molecule has 1 heterocycles. The molecule has 0 unspecified atom stereocenters. The Hall–Kier alpha value is -1.88. The molecule has 0 aliphatic carbocycles. The van der Waals surface area contributed by atoms with Crippen LogP contribution in [0.4, 0.5) is 5.69 Å². The van der Waals surface area contributed by atoms with Gasteiger partial charge >= 0.3 is 0 Å². The molecule has 0 aromatic heterocycles. The molecule has 1 fully saturated rings. The number of piperazine rings is 1. The Morgan fingerprint density at radius 3 is 2.74 bits per heavy atom. The number of aryl methyl sites for hydroxylation is 1. The van der Waals surface area contributed by atoms with E-state index >= 15 is 0 Å². The molecule has 0 bridgehead atoms. The molecule has 0 saturated carbocycles.